The predicted octanol–water partition coefficient (Wildman–Crippen LogP) is 3.34. The summed E-state index contributed by atoms with van der Waals surface area (Å²) in [5, 5.41) is 9.55. The summed E-state index contributed by atoms with van der Waals surface area (Å²) in [6.07, 6.45) is 3.61. The van der Waals surface area contributed by atoms with E-state index in [1.54, 1.807) is 24.4 Å². The number of hydrogen-bond acceptors (Lipinski definition) is 3. The fourth-order valence-electron chi connectivity index (χ4n) is 1.57. The fraction of sp³-hybridized carbons (Fsp3) is 0.357. The number of phenols is 1. The summed E-state index contributed by atoms with van der Waals surface area (Å²) in [6.45, 7) is 8.12. The highest BCUT2D eigenvalue weighted by atomic mass is 16.3. The van der Waals surface area contributed by atoms with Crippen molar-refractivity contribution in [3.8, 4) is 5.75 Å². The van der Waals surface area contributed by atoms with Crippen LogP contribution in [0.3, 0.4) is 0 Å². The molecule has 17 heavy (non-hydrogen) atoms. The number of phenolic OH excluding ortho intramolecular Hbond substituents is 1. The minimum atomic E-state index is -0.137. The molecule has 92 valence electrons. The molecule has 3 heteroatoms. The van der Waals surface area contributed by atoms with E-state index in [1.807, 2.05) is 13.0 Å². The molecule has 0 aromatic heterocycles. The van der Waals surface area contributed by atoms with Crippen molar-refractivity contribution in [2.24, 2.45) is 10.4 Å². The lowest BCUT2D eigenvalue weighted by Crippen LogP contribution is -2.22. The van der Waals surface area contributed by atoms with Gasteiger partial charge < -0.3 is 10.8 Å². The summed E-state index contributed by atoms with van der Waals surface area (Å²) >= 11 is 0. The van der Waals surface area contributed by atoms with Gasteiger partial charge in [0, 0.05) is 22.9 Å². The molecular weight excluding hydrogens is 212 g/mol. The smallest absolute Gasteiger partial charge is 0.116 e. The van der Waals surface area contributed by atoms with Crippen molar-refractivity contribution in [1.82, 2.24) is 0 Å². The van der Waals surface area contributed by atoms with Gasteiger partial charge in [-0.05, 0) is 25.1 Å². The third-order valence-electron chi connectivity index (χ3n) is 2.36. The van der Waals surface area contributed by atoms with E-state index in [-0.39, 0.29) is 11.2 Å². The van der Waals surface area contributed by atoms with E-state index in [4.69, 9.17) is 5.73 Å². The second kappa shape index (κ2) is 5.04. The average Bonchev–Trinajstić information content (AvgIpc) is 2.21. The van der Waals surface area contributed by atoms with Gasteiger partial charge in [-0.15, -0.1) is 0 Å². The van der Waals surface area contributed by atoms with Crippen molar-refractivity contribution >= 4 is 11.4 Å². The van der Waals surface area contributed by atoms with Gasteiger partial charge in [0.1, 0.15) is 5.75 Å². The number of aliphatic imine (C=N–C) groups is 1. The monoisotopic (exact) mass is 232 g/mol. The van der Waals surface area contributed by atoms with E-state index in [1.165, 1.54) is 0 Å². The van der Waals surface area contributed by atoms with E-state index in [0.717, 1.165) is 11.3 Å². The molecule has 0 spiro atoms. The number of aromatic hydroxyl groups is 1. The van der Waals surface area contributed by atoms with Crippen LogP contribution >= 0.6 is 0 Å². The second-order valence-corrected chi connectivity index (χ2v) is 4.98. The Balaban J connectivity index is 3.37. The summed E-state index contributed by atoms with van der Waals surface area (Å²) in [6, 6.07) is 4.93. The summed E-state index contributed by atoms with van der Waals surface area (Å²) in [4.78, 5) is 4.43. The first-order valence-electron chi connectivity index (χ1n) is 5.64. The first-order chi connectivity index (χ1) is 7.86. The Morgan fingerprint density at radius 3 is 2.53 bits per heavy atom. The molecule has 0 aliphatic heterocycles. The summed E-state index contributed by atoms with van der Waals surface area (Å²) < 4.78 is 0. The molecule has 0 saturated carbocycles. The standard InChI is InChI=1S/C14H20N2O/c1-5-8-16-13(14(2,3)4)11-9-10(17)6-7-12(11)15/h5-9,17H,15H2,1-4H3/b8-5-,16-13+. The molecule has 3 N–H and O–H groups in total. The number of nitrogen functional groups attached to an aromatic ring is 1. The van der Waals surface area contributed by atoms with Gasteiger partial charge >= 0.3 is 0 Å². The van der Waals surface area contributed by atoms with E-state index >= 15 is 0 Å². The molecule has 0 aliphatic carbocycles. The van der Waals surface area contributed by atoms with Gasteiger partial charge in [-0.2, -0.15) is 0 Å². The summed E-state index contributed by atoms with van der Waals surface area (Å²) in [5.74, 6) is 0.201. The van der Waals surface area contributed by atoms with Crippen molar-refractivity contribution in [3.63, 3.8) is 0 Å². The SMILES string of the molecule is C/C=C\N=C(/c1cc(O)ccc1N)C(C)(C)C. The largest absolute Gasteiger partial charge is 0.508 e. The Morgan fingerprint density at radius 2 is 2.00 bits per heavy atom. The zero-order valence-electron chi connectivity index (χ0n) is 10.9. The maximum absolute atomic E-state index is 9.55. The molecule has 0 atom stereocenters. The summed E-state index contributed by atoms with van der Waals surface area (Å²) in [5.41, 5.74) is 8.08. The maximum atomic E-state index is 9.55. The van der Waals surface area contributed by atoms with Crippen molar-refractivity contribution in [1.29, 1.82) is 0 Å². The highest BCUT2D eigenvalue weighted by molar-refractivity contribution is 6.08. The molecule has 1 rings (SSSR count). The zero-order chi connectivity index (χ0) is 13.1. The van der Waals surface area contributed by atoms with Crippen LogP contribution in [0.5, 0.6) is 5.75 Å². The topological polar surface area (TPSA) is 58.6 Å². The van der Waals surface area contributed by atoms with Crippen LogP contribution in [0.1, 0.15) is 33.3 Å². The number of benzene rings is 1. The highest BCUT2D eigenvalue weighted by Gasteiger charge is 2.22. The zero-order valence-corrected chi connectivity index (χ0v) is 10.9. The Hall–Kier alpha value is -1.77. The first-order valence-corrected chi connectivity index (χ1v) is 5.64. The number of allylic oxidation sites excluding steroid dienone is 1. The predicted molar refractivity (Wildman–Crippen MR) is 73.3 cm³/mol. The van der Waals surface area contributed by atoms with Crippen molar-refractivity contribution in [2.75, 3.05) is 5.73 Å². The maximum Gasteiger partial charge on any atom is 0.116 e. The third kappa shape index (κ3) is 3.34. The molecule has 0 fully saturated rings. The van der Waals surface area contributed by atoms with Gasteiger partial charge in [0.2, 0.25) is 0 Å². The molecule has 1 aromatic carbocycles. The highest BCUT2D eigenvalue weighted by Crippen LogP contribution is 2.28. The van der Waals surface area contributed by atoms with E-state index in [0.29, 0.717) is 5.69 Å². The number of hydrogen-bond donors (Lipinski definition) is 2. The molecular formula is C14H20N2O. The molecule has 0 amide bonds. The van der Waals surface area contributed by atoms with E-state index < -0.39 is 0 Å². The van der Waals surface area contributed by atoms with Crippen molar-refractivity contribution < 1.29 is 5.11 Å². The van der Waals surface area contributed by atoms with Gasteiger partial charge in [0.15, 0.2) is 0 Å². The van der Waals surface area contributed by atoms with Gasteiger partial charge in [-0.1, -0.05) is 26.8 Å². The third-order valence-corrected chi connectivity index (χ3v) is 2.36. The molecule has 0 heterocycles. The minimum Gasteiger partial charge on any atom is -0.508 e. The molecule has 1 aromatic rings. The van der Waals surface area contributed by atoms with Crippen molar-refractivity contribution in [3.05, 3.63) is 36.0 Å². The minimum absolute atomic E-state index is 0.137. The van der Waals surface area contributed by atoms with E-state index in [9.17, 15) is 5.11 Å². The van der Waals surface area contributed by atoms with E-state index in [2.05, 4.69) is 25.8 Å². The van der Waals surface area contributed by atoms with Gasteiger partial charge in [0.25, 0.3) is 0 Å². The fourth-order valence-corrected chi connectivity index (χ4v) is 1.57. The lowest BCUT2D eigenvalue weighted by molar-refractivity contribution is 0.475. The number of anilines is 1. The van der Waals surface area contributed by atoms with Crippen LogP contribution in [-0.4, -0.2) is 10.8 Å². The van der Waals surface area contributed by atoms with Crippen molar-refractivity contribution in [2.45, 2.75) is 27.7 Å². The molecule has 0 aliphatic rings. The van der Waals surface area contributed by atoms with Crippen LogP contribution < -0.4 is 5.73 Å². The Labute approximate surface area is 103 Å². The van der Waals surface area contributed by atoms with Crippen LogP contribution in [0.25, 0.3) is 0 Å². The molecule has 3 nitrogen and oxygen atoms in total. The second-order valence-electron chi connectivity index (χ2n) is 4.98. The number of nitrogens with zero attached hydrogens (tertiary/aromatic N) is 1. The quantitative estimate of drug-likeness (QED) is 0.466. The molecule has 0 saturated heterocycles. The van der Waals surface area contributed by atoms with Crippen LogP contribution in [0.4, 0.5) is 5.69 Å². The molecule has 0 radical (unpaired) electrons. The van der Waals surface area contributed by atoms with Gasteiger partial charge in [-0.3, -0.25) is 4.99 Å². The molecule has 0 bridgehead atoms. The van der Waals surface area contributed by atoms with Crippen LogP contribution in [-0.2, 0) is 0 Å². The Kier molecular flexibility index (Phi) is 3.94. The lowest BCUT2D eigenvalue weighted by Gasteiger charge is -2.22. The lowest BCUT2D eigenvalue weighted by atomic mass is 9.85. The normalized spacial score (nSPS) is 13.3. The van der Waals surface area contributed by atoms with Crippen LogP contribution in [0, 0.1) is 5.41 Å². The van der Waals surface area contributed by atoms with Crippen LogP contribution in [0.15, 0.2) is 35.5 Å². The Morgan fingerprint density at radius 1 is 1.35 bits per heavy atom. The average molecular weight is 232 g/mol. The summed E-state index contributed by atoms with van der Waals surface area (Å²) in [7, 11) is 0. The first kappa shape index (κ1) is 13.3. The van der Waals surface area contributed by atoms with Gasteiger partial charge in [0.05, 0.1) is 5.71 Å². The van der Waals surface area contributed by atoms with Crippen LogP contribution in [0.2, 0.25) is 0 Å². The number of rotatable bonds is 2. The number of nitrogens with two attached hydrogens (primary N) is 1. The van der Waals surface area contributed by atoms with Gasteiger partial charge in [-0.25, -0.2) is 0 Å². The Bertz CT molecular complexity index is 454. The molecule has 0 unspecified atom stereocenters.